The summed E-state index contributed by atoms with van der Waals surface area (Å²) in [6.45, 7) is 5.76. The van der Waals surface area contributed by atoms with Crippen LogP contribution in [0.25, 0.3) is 10.9 Å². The molecule has 0 unspecified atom stereocenters. The second-order valence-electron chi connectivity index (χ2n) is 6.09. The largest absolute Gasteiger partial charge is 0.516 e. The van der Waals surface area contributed by atoms with Crippen molar-refractivity contribution < 1.29 is 21.6 Å². The van der Waals surface area contributed by atoms with Gasteiger partial charge in [0.1, 0.15) is 0 Å². The van der Waals surface area contributed by atoms with E-state index >= 15 is 0 Å². The molecule has 0 saturated heterocycles. The van der Waals surface area contributed by atoms with E-state index in [0.29, 0.717) is 5.52 Å². The van der Waals surface area contributed by atoms with Gasteiger partial charge in [0, 0.05) is 7.05 Å². The molecule has 0 atom stereocenters. The van der Waals surface area contributed by atoms with E-state index in [-0.39, 0.29) is 15.8 Å². The maximum atomic E-state index is 12.6. The lowest BCUT2D eigenvalue weighted by atomic mass is 9.85. The molecule has 1 aromatic heterocycles. The van der Waals surface area contributed by atoms with Crippen LogP contribution >= 0.6 is 11.6 Å². The minimum Gasteiger partial charge on any atom is -0.265 e. The first kappa shape index (κ1) is 17.9. The maximum absolute atomic E-state index is 12.6. The number of aryl methyl sites for hydroxylation is 1. The third-order valence-corrected chi connectivity index (χ3v) is 4.67. The van der Waals surface area contributed by atoms with E-state index in [9.17, 15) is 21.6 Å². The lowest BCUT2D eigenvalue weighted by Gasteiger charge is -2.21. The van der Waals surface area contributed by atoms with Gasteiger partial charge in [0.2, 0.25) is 0 Å². The standard InChI is InChI=1S/C13H15ClF3N3O2S/c1-12(2,3)7-5-6-8(14)9-10(7)20(4)18-11(9)19-23(21,22)13(15,16)17/h5-6H,1-4H3,(H,18,19). The van der Waals surface area contributed by atoms with Crippen LogP contribution in [0.15, 0.2) is 12.1 Å². The Morgan fingerprint density at radius 2 is 1.78 bits per heavy atom. The third-order valence-electron chi connectivity index (χ3n) is 3.28. The number of sulfonamides is 1. The fraction of sp³-hybridized carbons (Fsp3) is 0.462. The van der Waals surface area contributed by atoms with Crippen molar-refractivity contribution in [3.63, 3.8) is 0 Å². The van der Waals surface area contributed by atoms with Gasteiger partial charge in [-0.2, -0.15) is 26.7 Å². The maximum Gasteiger partial charge on any atom is 0.516 e. The fourth-order valence-corrected chi connectivity index (χ4v) is 2.99. The highest BCUT2D eigenvalue weighted by Crippen LogP contribution is 2.38. The topological polar surface area (TPSA) is 64.0 Å². The number of nitrogens with one attached hydrogen (secondary N) is 1. The molecule has 2 rings (SSSR count). The lowest BCUT2D eigenvalue weighted by molar-refractivity contribution is -0.0429. The Bertz CT molecular complexity index is 867. The number of aromatic nitrogens is 2. The molecule has 0 aliphatic rings. The second kappa shape index (κ2) is 5.27. The lowest BCUT2D eigenvalue weighted by Crippen LogP contribution is -2.30. The number of rotatable bonds is 2. The summed E-state index contributed by atoms with van der Waals surface area (Å²) in [4.78, 5) is 0. The molecule has 23 heavy (non-hydrogen) atoms. The first-order valence-corrected chi connectivity index (χ1v) is 8.36. The van der Waals surface area contributed by atoms with Crippen molar-refractivity contribution in [3.8, 4) is 0 Å². The molecule has 1 aromatic carbocycles. The van der Waals surface area contributed by atoms with E-state index in [2.05, 4.69) is 5.10 Å². The highest BCUT2D eigenvalue weighted by atomic mass is 35.5. The van der Waals surface area contributed by atoms with Crippen molar-refractivity contribution in [2.24, 2.45) is 7.05 Å². The molecule has 5 nitrogen and oxygen atoms in total. The summed E-state index contributed by atoms with van der Waals surface area (Å²) in [5, 5.41) is 4.11. The molecule has 0 radical (unpaired) electrons. The van der Waals surface area contributed by atoms with Gasteiger partial charge in [-0.05, 0) is 17.0 Å². The smallest absolute Gasteiger partial charge is 0.265 e. The van der Waals surface area contributed by atoms with Crippen LogP contribution in [0.4, 0.5) is 19.0 Å². The Morgan fingerprint density at radius 1 is 1.22 bits per heavy atom. The molecule has 0 fully saturated rings. The van der Waals surface area contributed by atoms with Gasteiger partial charge in [0.05, 0.1) is 15.9 Å². The molecular formula is C13H15ClF3N3O2S. The van der Waals surface area contributed by atoms with Gasteiger partial charge in [-0.3, -0.25) is 9.40 Å². The molecular weight excluding hydrogens is 355 g/mol. The molecule has 10 heteroatoms. The zero-order valence-corrected chi connectivity index (χ0v) is 14.4. The zero-order valence-electron chi connectivity index (χ0n) is 12.8. The van der Waals surface area contributed by atoms with Gasteiger partial charge in [-0.1, -0.05) is 38.4 Å². The van der Waals surface area contributed by atoms with Gasteiger partial charge < -0.3 is 0 Å². The van der Waals surface area contributed by atoms with E-state index in [1.54, 1.807) is 6.07 Å². The molecule has 2 aromatic rings. The Morgan fingerprint density at radius 3 is 2.26 bits per heavy atom. The van der Waals surface area contributed by atoms with Crippen LogP contribution in [0.2, 0.25) is 5.02 Å². The van der Waals surface area contributed by atoms with Crippen LogP contribution in [-0.2, 0) is 22.5 Å². The summed E-state index contributed by atoms with van der Waals surface area (Å²) >= 11 is 6.07. The van der Waals surface area contributed by atoms with Crippen LogP contribution in [-0.4, -0.2) is 23.7 Å². The molecule has 128 valence electrons. The zero-order chi connectivity index (χ0) is 17.8. The average molecular weight is 370 g/mol. The molecule has 1 N–H and O–H groups in total. The molecule has 0 spiro atoms. The number of benzene rings is 1. The van der Waals surface area contributed by atoms with Gasteiger partial charge >= 0.3 is 15.5 Å². The second-order valence-corrected chi connectivity index (χ2v) is 8.17. The van der Waals surface area contributed by atoms with Crippen LogP contribution in [0.1, 0.15) is 26.3 Å². The van der Waals surface area contributed by atoms with Crippen molar-refractivity contribution in [2.45, 2.75) is 31.7 Å². The number of nitrogens with zero attached hydrogens (tertiary/aromatic N) is 2. The average Bonchev–Trinajstić information content (AvgIpc) is 2.64. The summed E-state index contributed by atoms with van der Waals surface area (Å²) < 4.78 is 63.2. The van der Waals surface area contributed by atoms with Gasteiger partial charge in [-0.25, -0.2) is 0 Å². The van der Waals surface area contributed by atoms with E-state index in [0.717, 1.165) is 5.56 Å². The summed E-state index contributed by atoms with van der Waals surface area (Å²) in [5.41, 5.74) is -4.52. The van der Waals surface area contributed by atoms with Gasteiger partial charge in [-0.15, -0.1) is 0 Å². The Labute approximate surface area is 136 Å². The first-order chi connectivity index (χ1) is 10.3. The summed E-state index contributed by atoms with van der Waals surface area (Å²) in [7, 11) is -4.07. The van der Waals surface area contributed by atoms with E-state index < -0.39 is 21.3 Å². The van der Waals surface area contributed by atoms with Gasteiger partial charge in [0.15, 0.2) is 5.82 Å². The highest BCUT2D eigenvalue weighted by molar-refractivity contribution is 7.93. The minimum absolute atomic E-state index is 0.112. The Balaban J connectivity index is 2.75. The summed E-state index contributed by atoms with van der Waals surface area (Å²) in [5.74, 6) is -0.448. The van der Waals surface area contributed by atoms with Crippen molar-refractivity contribution in [1.82, 2.24) is 9.78 Å². The first-order valence-electron chi connectivity index (χ1n) is 6.50. The summed E-state index contributed by atoms with van der Waals surface area (Å²) in [6.07, 6.45) is 0. The normalized spacial score (nSPS) is 13.6. The fourth-order valence-electron chi connectivity index (χ4n) is 2.24. The highest BCUT2D eigenvalue weighted by Gasteiger charge is 2.46. The van der Waals surface area contributed by atoms with Crippen LogP contribution in [0, 0.1) is 0 Å². The van der Waals surface area contributed by atoms with Crippen molar-refractivity contribution in [2.75, 3.05) is 4.72 Å². The van der Waals surface area contributed by atoms with Crippen molar-refractivity contribution in [1.29, 1.82) is 0 Å². The quantitative estimate of drug-likeness (QED) is 0.876. The van der Waals surface area contributed by atoms with Crippen molar-refractivity contribution >= 4 is 38.3 Å². The molecule has 1 heterocycles. The molecule has 0 saturated carbocycles. The number of hydrogen-bond donors (Lipinski definition) is 1. The van der Waals surface area contributed by atoms with E-state index in [1.165, 1.54) is 22.5 Å². The minimum atomic E-state index is -5.58. The molecule has 0 aliphatic carbocycles. The van der Waals surface area contributed by atoms with Crippen LogP contribution < -0.4 is 4.72 Å². The predicted octanol–water partition coefficient (Wildman–Crippen LogP) is 3.79. The van der Waals surface area contributed by atoms with E-state index in [1.807, 2.05) is 20.8 Å². The number of alkyl halides is 3. The third kappa shape index (κ3) is 3.12. The van der Waals surface area contributed by atoms with Crippen molar-refractivity contribution in [3.05, 3.63) is 22.7 Å². The molecule has 0 aliphatic heterocycles. The predicted molar refractivity (Wildman–Crippen MR) is 83.0 cm³/mol. The molecule has 0 bridgehead atoms. The van der Waals surface area contributed by atoms with Crippen LogP contribution in [0.3, 0.4) is 0 Å². The van der Waals surface area contributed by atoms with Gasteiger partial charge in [0.25, 0.3) is 0 Å². The van der Waals surface area contributed by atoms with Crippen LogP contribution in [0.5, 0.6) is 0 Å². The summed E-state index contributed by atoms with van der Waals surface area (Å²) in [6, 6.07) is 3.26. The monoisotopic (exact) mass is 369 g/mol. The number of fused-ring (bicyclic) bond motifs is 1. The molecule has 0 amide bonds. The number of hydrogen-bond acceptors (Lipinski definition) is 3. The van der Waals surface area contributed by atoms with E-state index in [4.69, 9.17) is 11.6 Å². The number of anilines is 1. The Kier molecular flexibility index (Phi) is 4.09. The number of halogens is 4. The SMILES string of the molecule is Cn1nc(NS(=O)(=O)C(F)(F)F)c2c(Cl)ccc(C(C)(C)C)c21. The Hall–Kier alpha value is -1.48.